The third kappa shape index (κ3) is 1.68. The predicted molar refractivity (Wildman–Crippen MR) is 35.4 cm³/mol. The van der Waals surface area contributed by atoms with E-state index in [0.29, 0.717) is 19.3 Å². The molecule has 0 spiro atoms. The molecule has 0 aliphatic carbocycles. The first-order valence-electron chi connectivity index (χ1n) is 3.24. The molecule has 62 valence electrons. The summed E-state index contributed by atoms with van der Waals surface area (Å²) in [5.41, 5.74) is -0.994. The number of ether oxygens (including phenoxy) is 1. The Morgan fingerprint density at radius 3 is 2.82 bits per heavy atom. The van der Waals surface area contributed by atoms with Gasteiger partial charge in [0.1, 0.15) is 11.8 Å². The monoisotopic (exact) mass is 159 g/mol. The highest BCUT2D eigenvalue weighted by Crippen LogP contribution is 2.15. The van der Waals surface area contributed by atoms with E-state index in [1.165, 1.54) is 0 Å². The molecule has 0 bridgehead atoms. The van der Waals surface area contributed by atoms with Crippen LogP contribution in [0.4, 0.5) is 4.79 Å². The summed E-state index contributed by atoms with van der Waals surface area (Å²) in [4.78, 5) is 20.7. The zero-order valence-electron chi connectivity index (χ0n) is 5.87. The smallest absolute Gasteiger partial charge is 0.405 e. The highest BCUT2D eigenvalue weighted by molar-refractivity contribution is 5.75. The minimum atomic E-state index is -1.19. The summed E-state index contributed by atoms with van der Waals surface area (Å²) >= 11 is 0. The first-order chi connectivity index (χ1) is 5.18. The van der Waals surface area contributed by atoms with Crippen molar-refractivity contribution < 1.29 is 19.4 Å². The quantitative estimate of drug-likeness (QED) is 0.538. The lowest BCUT2D eigenvalue weighted by molar-refractivity contribution is -0.113. The minimum absolute atomic E-state index is 0.142. The zero-order chi connectivity index (χ0) is 8.32. The van der Waals surface area contributed by atoms with E-state index >= 15 is 0 Å². The summed E-state index contributed by atoms with van der Waals surface area (Å²) in [5, 5.41) is 10.5. The van der Waals surface area contributed by atoms with Crippen LogP contribution in [-0.4, -0.2) is 36.2 Å². The molecule has 1 aliphatic heterocycles. The van der Waals surface area contributed by atoms with Gasteiger partial charge in [0.2, 0.25) is 0 Å². The number of hydrogen-bond donors (Lipinski definition) is 2. The lowest BCUT2D eigenvalue weighted by atomic mass is 10.0. The van der Waals surface area contributed by atoms with Gasteiger partial charge in [-0.05, 0) is 0 Å². The van der Waals surface area contributed by atoms with E-state index < -0.39 is 11.6 Å². The molecule has 1 rings (SSSR count). The van der Waals surface area contributed by atoms with E-state index in [1.807, 2.05) is 0 Å². The van der Waals surface area contributed by atoms with Crippen molar-refractivity contribution in [1.82, 2.24) is 5.32 Å². The summed E-state index contributed by atoms with van der Waals surface area (Å²) in [7, 11) is 0. The molecular formula is C6H9NO4. The Kier molecular flexibility index (Phi) is 2.09. The summed E-state index contributed by atoms with van der Waals surface area (Å²) in [5.74, 6) is 0. The SMILES string of the molecule is O=CC1(NC(=O)O)CCOC1. The molecule has 1 fully saturated rings. The van der Waals surface area contributed by atoms with Gasteiger partial charge in [-0.1, -0.05) is 0 Å². The van der Waals surface area contributed by atoms with Crippen LogP contribution in [0.1, 0.15) is 6.42 Å². The van der Waals surface area contributed by atoms with Gasteiger partial charge < -0.3 is 20.0 Å². The van der Waals surface area contributed by atoms with Gasteiger partial charge in [-0.15, -0.1) is 0 Å². The molecule has 1 unspecified atom stereocenters. The van der Waals surface area contributed by atoms with Crippen LogP contribution < -0.4 is 5.32 Å². The molecule has 1 saturated heterocycles. The fourth-order valence-corrected chi connectivity index (χ4v) is 1.01. The topological polar surface area (TPSA) is 75.6 Å². The Morgan fingerprint density at radius 2 is 2.45 bits per heavy atom. The van der Waals surface area contributed by atoms with E-state index in [-0.39, 0.29) is 6.61 Å². The minimum Gasteiger partial charge on any atom is -0.465 e. The molecule has 5 heteroatoms. The van der Waals surface area contributed by atoms with Crippen LogP contribution in [0, 0.1) is 0 Å². The molecule has 0 radical (unpaired) electrons. The molecule has 1 heterocycles. The molecule has 1 amide bonds. The highest BCUT2D eigenvalue weighted by atomic mass is 16.5. The van der Waals surface area contributed by atoms with Crippen LogP contribution in [0.15, 0.2) is 0 Å². The largest absolute Gasteiger partial charge is 0.465 e. The molecule has 0 aromatic heterocycles. The molecule has 1 aliphatic rings. The van der Waals surface area contributed by atoms with Crippen molar-refractivity contribution in [2.24, 2.45) is 0 Å². The average Bonchev–Trinajstić information content (AvgIpc) is 2.36. The Bertz CT molecular complexity index is 173. The molecule has 11 heavy (non-hydrogen) atoms. The van der Waals surface area contributed by atoms with Crippen LogP contribution >= 0.6 is 0 Å². The maximum Gasteiger partial charge on any atom is 0.405 e. The molecule has 0 saturated carbocycles. The van der Waals surface area contributed by atoms with Gasteiger partial charge in [0.25, 0.3) is 0 Å². The van der Waals surface area contributed by atoms with Crippen molar-refractivity contribution >= 4 is 12.4 Å². The number of carboxylic acid groups (broad SMARTS) is 1. The molecule has 1 atom stereocenters. The molecule has 0 aromatic rings. The Hall–Kier alpha value is -1.10. The number of aldehydes is 1. The molecule has 0 aromatic carbocycles. The van der Waals surface area contributed by atoms with Crippen molar-refractivity contribution in [2.75, 3.05) is 13.2 Å². The standard InChI is InChI=1S/C6H9NO4/c8-3-6(7-5(9)10)1-2-11-4-6/h3,7H,1-2,4H2,(H,9,10). The number of rotatable bonds is 2. The van der Waals surface area contributed by atoms with Gasteiger partial charge in [0, 0.05) is 13.0 Å². The van der Waals surface area contributed by atoms with Crippen molar-refractivity contribution in [1.29, 1.82) is 0 Å². The number of amides is 1. The van der Waals surface area contributed by atoms with Gasteiger partial charge in [0.05, 0.1) is 6.61 Å². The Labute approximate surface area is 63.3 Å². The number of hydrogen-bond acceptors (Lipinski definition) is 3. The zero-order valence-corrected chi connectivity index (χ0v) is 5.87. The van der Waals surface area contributed by atoms with Crippen molar-refractivity contribution in [3.63, 3.8) is 0 Å². The van der Waals surface area contributed by atoms with Gasteiger partial charge in [-0.2, -0.15) is 0 Å². The van der Waals surface area contributed by atoms with Crippen molar-refractivity contribution in [3.05, 3.63) is 0 Å². The first-order valence-corrected chi connectivity index (χ1v) is 3.24. The second-order valence-corrected chi connectivity index (χ2v) is 2.51. The van der Waals surface area contributed by atoms with E-state index in [2.05, 4.69) is 5.32 Å². The van der Waals surface area contributed by atoms with Crippen LogP contribution in [0.2, 0.25) is 0 Å². The Morgan fingerprint density at radius 1 is 1.73 bits per heavy atom. The van der Waals surface area contributed by atoms with E-state index in [0.717, 1.165) is 0 Å². The third-order valence-corrected chi connectivity index (χ3v) is 1.63. The second-order valence-electron chi connectivity index (χ2n) is 2.51. The summed E-state index contributed by atoms with van der Waals surface area (Å²) < 4.78 is 4.90. The molecular weight excluding hydrogens is 150 g/mol. The summed E-state index contributed by atoms with van der Waals surface area (Å²) in [6.45, 7) is 0.571. The van der Waals surface area contributed by atoms with Crippen molar-refractivity contribution in [2.45, 2.75) is 12.0 Å². The van der Waals surface area contributed by atoms with Crippen molar-refractivity contribution in [3.8, 4) is 0 Å². The van der Waals surface area contributed by atoms with Gasteiger partial charge in [-0.3, -0.25) is 0 Å². The summed E-state index contributed by atoms with van der Waals surface area (Å²) in [6, 6.07) is 0. The van der Waals surface area contributed by atoms with Gasteiger partial charge >= 0.3 is 6.09 Å². The number of carbonyl (C=O) groups excluding carboxylic acids is 1. The first kappa shape index (κ1) is 8.00. The normalized spacial score (nSPS) is 29.8. The maximum absolute atomic E-state index is 10.5. The number of carbonyl (C=O) groups is 2. The Balaban J connectivity index is 2.59. The molecule has 2 N–H and O–H groups in total. The number of nitrogens with one attached hydrogen (secondary N) is 1. The molecule has 5 nitrogen and oxygen atoms in total. The fourth-order valence-electron chi connectivity index (χ4n) is 1.01. The maximum atomic E-state index is 10.5. The van der Waals surface area contributed by atoms with E-state index in [1.54, 1.807) is 0 Å². The fraction of sp³-hybridized carbons (Fsp3) is 0.667. The van der Waals surface area contributed by atoms with Gasteiger partial charge in [0.15, 0.2) is 0 Å². The van der Waals surface area contributed by atoms with Crippen LogP contribution in [0.3, 0.4) is 0 Å². The lowest BCUT2D eigenvalue weighted by Crippen LogP contribution is -2.49. The predicted octanol–water partition coefficient (Wildman–Crippen LogP) is -0.388. The third-order valence-electron chi connectivity index (χ3n) is 1.63. The van der Waals surface area contributed by atoms with E-state index in [9.17, 15) is 9.59 Å². The van der Waals surface area contributed by atoms with Crippen LogP contribution in [0.5, 0.6) is 0 Å². The average molecular weight is 159 g/mol. The highest BCUT2D eigenvalue weighted by Gasteiger charge is 2.36. The second kappa shape index (κ2) is 2.87. The van der Waals surface area contributed by atoms with Crippen LogP contribution in [0.25, 0.3) is 0 Å². The van der Waals surface area contributed by atoms with E-state index in [4.69, 9.17) is 9.84 Å². The summed E-state index contributed by atoms with van der Waals surface area (Å²) in [6.07, 6.45) is -0.181. The van der Waals surface area contributed by atoms with Crippen LogP contribution in [-0.2, 0) is 9.53 Å². The van der Waals surface area contributed by atoms with Gasteiger partial charge in [-0.25, -0.2) is 4.79 Å². The lowest BCUT2D eigenvalue weighted by Gasteiger charge is -2.18.